The van der Waals surface area contributed by atoms with Crippen LogP contribution in [0, 0.1) is 6.92 Å². The highest BCUT2D eigenvalue weighted by Crippen LogP contribution is 2.18. The molecule has 4 aromatic rings. The molecule has 1 heterocycles. The van der Waals surface area contributed by atoms with Crippen LogP contribution in [0.3, 0.4) is 0 Å². The Balaban J connectivity index is 1.54. The molecular formula is C24H22N4O4S. The van der Waals surface area contributed by atoms with E-state index >= 15 is 0 Å². The average molecular weight is 463 g/mol. The van der Waals surface area contributed by atoms with E-state index in [1.54, 1.807) is 36.9 Å². The van der Waals surface area contributed by atoms with E-state index in [1.165, 1.54) is 41.1 Å². The maximum absolute atomic E-state index is 13.0. The number of hydrogen-bond acceptors (Lipinski definition) is 4. The number of nitrogens with one attached hydrogen (secondary N) is 2. The number of amides is 1. The van der Waals surface area contributed by atoms with E-state index in [4.69, 9.17) is 0 Å². The summed E-state index contributed by atoms with van der Waals surface area (Å²) in [6.45, 7) is 1.75. The lowest BCUT2D eigenvalue weighted by Gasteiger charge is -2.09. The predicted octanol–water partition coefficient (Wildman–Crippen LogP) is 3.54. The highest BCUT2D eigenvalue weighted by atomic mass is 32.2. The normalized spacial score (nSPS) is 11.2. The Labute approximate surface area is 191 Å². The first-order chi connectivity index (χ1) is 15.8. The van der Waals surface area contributed by atoms with Crippen molar-refractivity contribution in [3.63, 3.8) is 0 Å². The molecule has 0 aliphatic rings. The number of carbonyl (C=O) groups is 1. The van der Waals surface area contributed by atoms with Gasteiger partial charge in [-0.2, -0.15) is 0 Å². The molecule has 0 bridgehead atoms. The summed E-state index contributed by atoms with van der Waals surface area (Å²) in [5, 5.41) is 2.69. The van der Waals surface area contributed by atoms with Crippen molar-refractivity contribution in [2.24, 2.45) is 7.05 Å². The van der Waals surface area contributed by atoms with Crippen LogP contribution >= 0.6 is 0 Å². The number of para-hydroxylation sites is 1. The van der Waals surface area contributed by atoms with E-state index < -0.39 is 15.9 Å². The Bertz CT molecular complexity index is 1460. The third-order valence-corrected chi connectivity index (χ3v) is 6.64. The number of anilines is 2. The molecular weight excluding hydrogens is 440 g/mol. The summed E-state index contributed by atoms with van der Waals surface area (Å²) in [5.41, 5.74) is 1.72. The number of carbonyl (C=O) groups excluding carboxylic acids is 1. The Kier molecular flexibility index (Phi) is 5.89. The van der Waals surface area contributed by atoms with E-state index in [1.807, 2.05) is 30.3 Å². The molecule has 8 nitrogen and oxygen atoms in total. The smallest absolute Gasteiger partial charge is 0.295 e. The van der Waals surface area contributed by atoms with Crippen LogP contribution in [0.5, 0.6) is 0 Å². The SMILES string of the molecule is Cc1c(NC(=O)c2ccc(NS(=O)(=O)c3ccccc3)cc2)c(=O)n(-c2ccccc2)n1C. The van der Waals surface area contributed by atoms with Crippen LogP contribution in [0.2, 0.25) is 0 Å². The largest absolute Gasteiger partial charge is 0.316 e. The fourth-order valence-electron chi connectivity index (χ4n) is 3.40. The molecule has 0 saturated heterocycles. The van der Waals surface area contributed by atoms with Crippen LogP contribution in [0.1, 0.15) is 16.1 Å². The highest BCUT2D eigenvalue weighted by molar-refractivity contribution is 7.92. The molecule has 33 heavy (non-hydrogen) atoms. The average Bonchev–Trinajstić information content (AvgIpc) is 3.03. The zero-order valence-electron chi connectivity index (χ0n) is 18.0. The molecule has 2 N–H and O–H groups in total. The van der Waals surface area contributed by atoms with Gasteiger partial charge in [0.1, 0.15) is 5.69 Å². The molecule has 0 unspecified atom stereocenters. The summed E-state index contributed by atoms with van der Waals surface area (Å²) in [6, 6.07) is 23.1. The van der Waals surface area contributed by atoms with Gasteiger partial charge in [-0.25, -0.2) is 13.1 Å². The molecule has 168 valence electrons. The molecule has 0 atom stereocenters. The lowest BCUT2D eigenvalue weighted by molar-refractivity contribution is 0.102. The summed E-state index contributed by atoms with van der Waals surface area (Å²) < 4.78 is 30.6. The zero-order chi connectivity index (χ0) is 23.6. The highest BCUT2D eigenvalue weighted by Gasteiger charge is 2.19. The first kappa shape index (κ1) is 22.1. The molecule has 3 aromatic carbocycles. The quantitative estimate of drug-likeness (QED) is 0.458. The lowest BCUT2D eigenvalue weighted by Crippen LogP contribution is -2.23. The number of nitrogens with zero attached hydrogens (tertiary/aromatic N) is 2. The van der Waals surface area contributed by atoms with Crippen LogP contribution in [-0.2, 0) is 17.1 Å². The molecule has 0 saturated carbocycles. The van der Waals surface area contributed by atoms with Gasteiger partial charge in [-0.15, -0.1) is 0 Å². The summed E-state index contributed by atoms with van der Waals surface area (Å²) in [7, 11) is -1.99. The third-order valence-electron chi connectivity index (χ3n) is 5.25. The van der Waals surface area contributed by atoms with Gasteiger partial charge in [0.05, 0.1) is 16.3 Å². The number of rotatable bonds is 6. The van der Waals surface area contributed by atoms with Gasteiger partial charge in [-0.3, -0.25) is 19.0 Å². The Morgan fingerprint density at radius 3 is 2.03 bits per heavy atom. The molecule has 9 heteroatoms. The molecule has 4 rings (SSSR count). The fourth-order valence-corrected chi connectivity index (χ4v) is 4.48. The van der Waals surface area contributed by atoms with Crippen molar-refractivity contribution in [2.75, 3.05) is 10.0 Å². The fraction of sp³-hybridized carbons (Fsp3) is 0.0833. The van der Waals surface area contributed by atoms with Crippen LogP contribution in [-0.4, -0.2) is 23.7 Å². The zero-order valence-corrected chi connectivity index (χ0v) is 18.8. The molecule has 0 fully saturated rings. The monoisotopic (exact) mass is 462 g/mol. The minimum absolute atomic E-state index is 0.140. The third kappa shape index (κ3) is 4.44. The summed E-state index contributed by atoms with van der Waals surface area (Å²) in [5.74, 6) is -0.474. The van der Waals surface area contributed by atoms with Crippen LogP contribution < -0.4 is 15.6 Å². The van der Waals surface area contributed by atoms with Crippen molar-refractivity contribution in [3.05, 3.63) is 107 Å². The van der Waals surface area contributed by atoms with Crippen molar-refractivity contribution < 1.29 is 13.2 Å². The minimum Gasteiger partial charge on any atom is -0.316 e. The van der Waals surface area contributed by atoms with Gasteiger partial charge in [0.25, 0.3) is 21.5 Å². The van der Waals surface area contributed by atoms with Gasteiger partial charge in [0.2, 0.25) is 0 Å². The van der Waals surface area contributed by atoms with Crippen molar-refractivity contribution in [2.45, 2.75) is 11.8 Å². The minimum atomic E-state index is -3.73. The Morgan fingerprint density at radius 2 is 1.42 bits per heavy atom. The van der Waals surface area contributed by atoms with E-state index in [0.29, 0.717) is 17.1 Å². The molecule has 1 amide bonds. The van der Waals surface area contributed by atoms with Gasteiger partial charge < -0.3 is 5.32 Å². The Hall–Kier alpha value is -4.11. The summed E-state index contributed by atoms with van der Waals surface area (Å²) in [4.78, 5) is 25.9. The summed E-state index contributed by atoms with van der Waals surface area (Å²) in [6.07, 6.45) is 0. The van der Waals surface area contributed by atoms with Crippen molar-refractivity contribution in [3.8, 4) is 5.69 Å². The van der Waals surface area contributed by atoms with Crippen LogP contribution in [0.25, 0.3) is 5.69 Å². The standard InChI is InChI=1S/C24H22N4O4S/c1-17-22(24(30)28(27(17)2)20-9-5-3-6-10-20)25-23(29)18-13-15-19(16-14-18)26-33(31,32)21-11-7-4-8-12-21/h3-16,26H,1-2H3,(H,25,29). The number of aromatic nitrogens is 2. The summed E-state index contributed by atoms with van der Waals surface area (Å²) >= 11 is 0. The maximum atomic E-state index is 13.0. The van der Waals surface area contributed by atoms with Gasteiger partial charge in [-0.05, 0) is 55.5 Å². The molecule has 1 aromatic heterocycles. The van der Waals surface area contributed by atoms with Gasteiger partial charge >= 0.3 is 0 Å². The van der Waals surface area contributed by atoms with E-state index in [2.05, 4.69) is 10.0 Å². The molecule has 0 aliphatic carbocycles. The van der Waals surface area contributed by atoms with E-state index in [9.17, 15) is 18.0 Å². The molecule has 0 aliphatic heterocycles. The van der Waals surface area contributed by atoms with Gasteiger partial charge in [-0.1, -0.05) is 36.4 Å². The first-order valence-corrected chi connectivity index (χ1v) is 11.6. The lowest BCUT2D eigenvalue weighted by atomic mass is 10.2. The number of benzene rings is 3. The van der Waals surface area contributed by atoms with Gasteiger partial charge in [0.15, 0.2) is 0 Å². The first-order valence-electron chi connectivity index (χ1n) is 10.1. The second-order valence-electron chi connectivity index (χ2n) is 7.39. The van der Waals surface area contributed by atoms with Crippen molar-refractivity contribution >= 4 is 27.3 Å². The number of hydrogen-bond donors (Lipinski definition) is 2. The number of sulfonamides is 1. The van der Waals surface area contributed by atoms with Gasteiger partial charge in [0, 0.05) is 18.3 Å². The predicted molar refractivity (Wildman–Crippen MR) is 127 cm³/mol. The second-order valence-corrected chi connectivity index (χ2v) is 9.07. The van der Waals surface area contributed by atoms with Crippen LogP contribution in [0.4, 0.5) is 11.4 Å². The molecule has 0 radical (unpaired) electrons. The topological polar surface area (TPSA) is 102 Å². The van der Waals surface area contributed by atoms with Crippen molar-refractivity contribution in [1.82, 2.24) is 9.36 Å². The van der Waals surface area contributed by atoms with Crippen molar-refractivity contribution in [1.29, 1.82) is 0 Å². The van der Waals surface area contributed by atoms with Crippen LogP contribution in [0.15, 0.2) is 94.6 Å². The molecule has 0 spiro atoms. The Morgan fingerprint density at radius 1 is 0.848 bits per heavy atom. The van der Waals surface area contributed by atoms with E-state index in [-0.39, 0.29) is 21.7 Å². The van der Waals surface area contributed by atoms with E-state index in [0.717, 1.165) is 0 Å². The second kappa shape index (κ2) is 8.79. The maximum Gasteiger partial charge on any atom is 0.295 e.